The van der Waals surface area contributed by atoms with Crippen molar-refractivity contribution in [2.24, 2.45) is 0 Å². The third-order valence-electron chi connectivity index (χ3n) is 6.97. The number of amides is 2. The maximum absolute atomic E-state index is 13.2. The zero-order chi connectivity index (χ0) is 25.4. The Balaban J connectivity index is 1.35. The highest BCUT2D eigenvalue weighted by molar-refractivity contribution is 7.19. The lowest BCUT2D eigenvalue weighted by Crippen LogP contribution is -2.56. The Morgan fingerprint density at radius 2 is 2.16 bits per heavy atom. The van der Waals surface area contributed by atoms with E-state index in [1.54, 1.807) is 12.4 Å². The number of urea groups is 1. The van der Waals surface area contributed by atoms with Crippen molar-refractivity contribution in [1.29, 1.82) is 5.26 Å². The summed E-state index contributed by atoms with van der Waals surface area (Å²) in [5, 5.41) is 17.5. The molecule has 6 rings (SSSR count). The van der Waals surface area contributed by atoms with Crippen molar-refractivity contribution in [2.45, 2.75) is 18.9 Å². The second-order valence-corrected chi connectivity index (χ2v) is 10.4. The number of nitrogens with one attached hydrogen (secondary N) is 2. The SMILES string of the molecule is Cc1ncnc2ccc(-c3sc(NC(=O)N4CCC5(COCCN5)C4)nc3-c3cccc(C#N)c3)cc12. The van der Waals surface area contributed by atoms with E-state index >= 15 is 0 Å². The molecule has 0 radical (unpaired) electrons. The van der Waals surface area contributed by atoms with E-state index in [4.69, 9.17) is 9.72 Å². The minimum atomic E-state index is -0.176. The largest absolute Gasteiger partial charge is 0.378 e. The number of morpholine rings is 1. The van der Waals surface area contributed by atoms with Gasteiger partial charge in [-0.2, -0.15) is 5.26 Å². The van der Waals surface area contributed by atoms with Gasteiger partial charge in [0.1, 0.15) is 6.33 Å². The van der Waals surface area contributed by atoms with Crippen LogP contribution in [0.2, 0.25) is 0 Å². The van der Waals surface area contributed by atoms with Crippen molar-refractivity contribution in [2.75, 3.05) is 38.2 Å². The Labute approximate surface area is 218 Å². The van der Waals surface area contributed by atoms with Crippen LogP contribution in [-0.2, 0) is 4.74 Å². The highest BCUT2D eigenvalue weighted by Crippen LogP contribution is 2.40. The van der Waals surface area contributed by atoms with Crippen molar-refractivity contribution >= 4 is 33.4 Å². The van der Waals surface area contributed by atoms with Crippen LogP contribution in [0.25, 0.3) is 32.6 Å². The van der Waals surface area contributed by atoms with Crippen LogP contribution in [0, 0.1) is 18.3 Å². The van der Waals surface area contributed by atoms with Crippen LogP contribution in [0.1, 0.15) is 17.7 Å². The molecule has 1 unspecified atom stereocenters. The minimum Gasteiger partial charge on any atom is -0.378 e. The summed E-state index contributed by atoms with van der Waals surface area (Å²) in [6.07, 6.45) is 2.42. The number of fused-ring (bicyclic) bond motifs is 1. The summed E-state index contributed by atoms with van der Waals surface area (Å²) >= 11 is 1.42. The van der Waals surface area contributed by atoms with Crippen LogP contribution in [-0.4, -0.2) is 64.3 Å². The number of rotatable bonds is 3. The van der Waals surface area contributed by atoms with Crippen LogP contribution in [0.3, 0.4) is 0 Å². The topological polar surface area (TPSA) is 116 Å². The Morgan fingerprint density at radius 1 is 1.24 bits per heavy atom. The Bertz CT molecular complexity index is 1540. The number of aromatic nitrogens is 3. The zero-order valence-corrected chi connectivity index (χ0v) is 21.1. The molecule has 2 fully saturated rings. The number of ether oxygens (including phenoxy) is 1. The lowest BCUT2D eigenvalue weighted by molar-refractivity contribution is 0.0328. The molecule has 2 saturated heterocycles. The number of carbonyl (C=O) groups excluding carboxylic acids is 1. The van der Waals surface area contributed by atoms with Crippen molar-refractivity contribution in [1.82, 2.24) is 25.2 Å². The quantitative estimate of drug-likeness (QED) is 0.424. The van der Waals surface area contributed by atoms with Gasteiger partial charge >= 0.3 is 6.03 Å². The van der Waals surface area contributed by atoms with Crippen molar-refractivity contribution < 1.29 is 9.53 Å². The molecule has 2 N–H and O–H groups in total. The summed E-state index contributed by atoms with van der Waals surface area (Å²) in [4.78, 5) is 29.5. The second-order valence-electron chi connectivity index (χ2n) is 9.44. The lowest BCUT2D eigenvalue weighted by Gasteiger charge is -2.34. The number of aryl methyl sites for hydroxylation is 1. The van der Waals surface area contributed by atoms with Crippen LogP contribution in [0.15, 0.2) is 48.8 Å². The Morgan fingerprint density at radius 3 is 3.00 bits per heavy atom. The Kier molecular flexibility index (Phi) is 6.04. The van der Waals surface area contributed by atoms with Gasteiger partial charge in [-0.25, -0.2) is 19.7 Å². The number of hydrogen-bond acceptors (Lipinski definition) is 8. The number of thiazole rings is 1. The molecule has 2 aromatic carbocycles. The van der Waals surface area contributed by atoms with Gasteiger partial charge < -0.3 is 15.0 Å². The number of hydrogen-bond donors (Lipinski definition) is 2. The summed E-state index contributed by atoms with van der Waals surface area (Å²) in [5.41, 5.74) is 4.62. The highest BCUT2D eigenvalue weighted by Gasteiger charge is 2.41. The van der Waals surface area contributed by atoms with E-state index < -0.39 is 0 Å². The maximum atomic E-state index is 13.2. The first kappa shape index (κ1) is 23.5. The van der Waals surface area contributed by atoms with Crippen LogP contribution >= 0.6 is 11.3 Å². The second kappa shape index (κ2) is 9.52. The molecule has 1 atom stereocenters. The number of anilines is 1. The number of likely N-dealkylation sites (tertiary alicyclic amines) is 1. The fourth-order valence-electron chi connectivity index (χ4n) is 5.01. The van der Waals surface area contributed by atoms with Gasteiger partial charge in [0, 0.05) is 36.3 Å². The smallest absolute Gasteiger partial charge is 0.323 e. The van der Waals surface area contributed by atoms with Crippen molar-refractivity contribution in [3.8, 4) is 27.8 Å². The highest BCUT2D eigenvalue weighted by atomic mass is 32.1. The normalized spacial score (nSPS) is 19.3. The lowest BCUT2D eigenvalue weighted by atomic mass is 9.99. The number of nitriles is 1. The molecule has 0 aliphatic carbocycles. The molecule has 186 valence electrons. The van der Waals surface area contributed by atoms with Crippen LogP contribution in [0.5, 0.6) is 0 Å². The Hall–Kier alpha value is -3.91. The minimum absolute atomic E-state index is 0.169. The van der Waals surface area contributed by atoms with E-state index in [-0.39, 0.29) is 11.6 Å². The molecule has 10 heteroatoms. The first-order valence-electron chi connectivity index (χ1n) is 12.2. The first-order valence-corrected chi connectivity index (χ1v) is 13.0. The maximum Gasteiger partial charge on any atom is 0.323 e. The summed E-state index contributed by atoms with van der Waals surface area (Å²) in [6, 6.07) is 15.4. The third-order valence-corrected chi connectivity index (χ3v) is 7.99. The van der Waals surface area contributed by atoms with E-state index in [9.17, 15) is 10.1 Å². The van der Waals surface area contributed by atoms with Gasteiger partial charge in [-0.05, 0) is 43.2 Å². The zero-order valence-electron chi connectivity index (χ0n) is 20.3. The predicted octanol–water partition coefficient (Wildman–Crippen LogP) is 4.20. The molecule has 0 bridgehead atoms. The van der Waals surface area contributed by atoms with E-state index in [1.807, 2.05) is 42.2 Å². The third kappa shape index (κ3) is 4.53. The van der Waals surface area contributed by atoms with Gasteiger partial charge in [0.2, 0.25) is 0 Å². The molecular weight excluding hydrogens is 486 g/mol. The summed E-state index contributed by atoms with van der Waals surface area (Å²) in [5.74, 6) is 0. The molecule has 2 amide bonds. The summed E-state index contributed by atoms with van der Waals surface area (Å²) in [6.45, 7) is 5.32. The molecule has 2 aromatic heterocycles. The molecular formula is C27H25N7O2S. The van der Waals surface area contributed by atoms with Gasteiger partial charge in [-0.1, -0.05) is 29.5 Å². The molecule has 4 heterocycles. The molecule has 2 aliphatic rings. The van der Waals surface area contributed by atoms with Crippen LogP contribution in [0.4, 0.5) is 9.93 Å². The summed E-state index contributed by atoms with van der Waals surface area (Å²) < 4.78 is 5.67. The predicted molar refractivity (Wildman–Crippen MR) is 142 cm³/mol. The molecule has 1 spiro atoms. The van der Waals surface area contributed by atoms with Gasteiger partial charge in [0.15, 0.2) is 5.13 Å². The average Bonchev–Trinajstić information content (AvgIpc) is 3.54. The van der Waals surface area contributed by atoms with Gasteiger partial charge in [-0.3, -0.25) is 5.32 Å². The van der Waals surface area contributed by atoms with E-state index in [0.717, 1.165) is 45.6 Å². The van der Waals surface area contributed by atoms with Gasteiger partial charge in [0.25, 0.3) is 0 Å². The molecule has 2 aliphatic heterocycles. The molecule has 37 heavy (non-hydrogen) atoms. The monoisotopic (exact) mass is 511 g/mol. The standard InChI is InChI=1S/C27H25N7O2S/c1-17-21-12-20(5-6-22(21)30-16-29-17)24-23(19-4-2-3-18(11-19)13-28)32-25(37-24)33-26(35)34-9-7-27(14-34)15-36-10-8-31-27/h2-6,11-12,16,31H,7-10,14-15H2,1H3,(H,32,33,35). The van der Waals surface area contributed by atoms with E-state index in [2.05, 4.69) is 32.7 Å². The van der Waals surface area contributed by atoms with E-state index in [1.165, 1.54) is 11.3 Å². The molecule has 9 nitrogen and oxygen atoms in total. The van der Waals surface area contributed by atoms with Crippen molar-refractivity contribution in [3.63, 3.8) is 0 Å². The fourth-order valence-corrected chi connectivity index (χ4v) is 5.99. The van der Waals surface area contributed by atoms with E-state index in [0.29, 0.717) is 42.7 Å². The van der Waals surface area contributed by atoms with Gasteiger partial charge in [0.05, 0.1) is 46.5 Å². The fraction of sp³-hybridized carbons (Fsp3) is 0.296. The van der Waals surface area contributed by atoms with Crippen LogP contribution < -0.4 is 10.6 Å². The first-order chi connectivity index (χ1) is 18.0. The molecule has 4 aromatic rings. The number of carbonyl (C=O) groups is 1. The number of nitrogens with zero attached hydrogens (tertiary/aromatic N) is 5. The summed E-state index contributed by atoms with van der Waals surface area (Å²) in [7, 11) is 0. The average molecular weight is 512 g/mol. The molecule has 0 saturated carbocycles. The van der Waals surface area contributed by atoms with Crippen molar-refractivity contribution in [3.05, 3.63) is 60.0 Å². The number of benzene rings is 2. The van der Waals surface area contributed by atoms with Gasteiger partial charge in [-0.15, -0.1) is 0 Å².